The number of methoxy groups -OCH3 is 1. The van der Waals surface area contributed by atoms with Crippen LogP contribution in [0.1, 0.15) is 30.0 Å². The summed E-state index contributed by atoms with van der Waals surface area (Å²) >= 11 is 12.3. The largest absolute Gasteiger partial charge is 0.467 e. The van der Waals surface area contributed by atoms with Crippen molar-refractivity contribution in [2.45, 2.75) is 25.8 Å². The Morgan fingerprint density at radius 1 is 1.00 bits per heavy atom. The molecule has 3 aromatic carbocycles. The van der Waals surface area contributed by atoms with Gasteiger partial charge in [0.1, 0.15) is 17.4 Å². The summed E-state index contributed by atoms with van der Waals surface area (Å²) in [5.74, 6) is 5.45. The molecule has 0 aliphatic carbocycles. The molecule has 0 aromatic heterocycles. The topological polar surface area (TPSA) is 84.5 Å². The van der Waals surface area contributed by atoms with Gasteiger partial charge in [-0.25, -0.2) is 4.79 Å². The van der Waals surface area contributed by atoms with Gasteiger partial charge >= 0.3 is 5.97 Å². The van der Waals surface area contributed by atoms with Crippen LogP contribution < -0.4 is 21.5 Å². The zero-order chi connectivity index (χ0) is 24.0. The van der Waals surface area contributed by atoms with Gasteiger partial charge in [0.25, 0.3) is 10.9 Å². The smallest absolute Gasteiger partial charge is 0.328 e. The molecule has 0 aliphatic rings. The Hall–Kier alpha value is -3.27. The maximum absolute atomic E-state index is 12.3. The van der Waals surface area contributed by atoms with E-state index in [4.69, 9.17) is 27.9 Å². The van der Waals surface area contributed by atoms with Crippen molar-refractivity contribution < 1.29 is 9.53 Å². The van der Waals surface area contributed by atoms with Crippen LogP contribution in [0, 0.1) is 11.8 Å². The summed E-state index contributed by atoms with van der Waals surface area (Å²) in [5.41, 5.74) is 1.21. The van der Waals surface area contributed by atoms with Crippen LogP contribution in [0.2, 0.25) is 10.0 Å². The van der Waals surface area contributed by atoms with E-state index in [1.54, 1.807) is 18.2 Å². The van der Waals surface area contributed by atoms with Crippen molar-refractivity contribution in [2.75, 3.05) is 24.3 Å². The Morgan fingerprint density at radius 3 is 2.24 bits per heavy atom. The molecule has 170 valence electrons. The van der Waals surface area contributed by atoms with Gasteiger partial charge in [-0.2, -0.15) is 0 Å². The molecule has 0 spiro atoms. The van der Waals surface area contributed by atoms with E-state index in [9.17, 15) is 14.4 Å². The van der Waals surface area contributed by atoms with Crippen LogP contribution in [0.25, 0.3) is 0 Å². The Bertz CT molecular complexity index is 1260. The summed E-state index contributed by atoms with van der Waals surface area (Å²) in [6, 6.07) is 11.6. The first-order valence-corrected chi connectivity index (χ1v) is 11.1. The fourth-order valence-electron chi connectivity index (χ4n) is 3.17. The van der Waals surface area contributed by atoms with Crippen molar-refractivity contribution >= 4 is 40.5 Å². The van der Waals surface area contributed by atoms with E-state index in [0.29, 0.717) is 22.2 Å². The quantitative estimate of drug-likeness (QED) is 0.285. The van der Waals surface area contributed by atoms with Gasteiger partial charge in [-0.05, 0) is 36.2 Å². The molecule has 6 nitrogen and oxygen atoms in total. The van der Waals surface area contributed by atoms with Gasteiger partial charge in [0.05, 0.1) is 22.7 Å². The average molecular weight is 485 g/mol. The van der Waals surface area contributed by atoms with Crippen LogP contribution in [-0.4, -0.2) is 25.7 Å². The number of hydrogen-bond acceptors (Lipinski definition) is 6. The maximum atomic E-state index is 12.3. The minimum atomic E-state index is -0.834. The standard InChI is InChI=1S/C25H22Cl2N2O4/c1-3-13-28-21-22(24(31)23(21)30)29-20(25(32)33-2)14-16-9-7-15(8-10-16)11-12-17-18(26)5-4-6-19(17)27/h4-10,20,28-29H,3,13-14H2,1-2H3. The third kappa shape index (κ3) is 5.75. The van der Waals surface area contributed by atoms with Gasteiger partial charge in [0, 0.05) is 18.5 Å². The SMILES string of the molecule is CCCNc1c(NC(Cc2ccc(C#Cc3c(Cl)cccc3Cl)cc2)C(=O)OC)c(=O)c1=O. The van der Waals surface area contributed by atoms with E-state index < -0.39 is 22.9 Å². The number of nitrogens with one attached hydrogen (secondary N) is 2. The summed E-state index contributed by atoms with van der Waals surface area (Å²) in [4.78, 5) is 36.2. The fourth-order valence-corrected chi connectivity index (χ4v) is 3.66. The number of halogens is 2. The highest BCUT2D eigenvalue weighted by Crippen LogP contribution is 2.23. The third-order valence-corrected chi connectivity index (χ3v) is 5.58. The third-order valence-electron chi connectivity index (χ3n) is 4.95. The van der Waals surface area contributed by atoms with Crippen LogP contribution in [0.3, 0.4) is 0 Å². The van der Waals surface area contributed by atoms with Crippen molar-refractivity contribution in [3.8, 4) is 11.8 Å². The van der Waals surface area contributed by atoms with Gasteiger partial charge in [-0.15, -0.1) is 0 Å². The van der Waals surface area contributed by atoms with E-state index in [0.717, 1.165) is 17.5 Å². The lowest BCUT2D eigenvalue weighted by molar-refractivity contribution is -0.141. The van der Waals surface area contributed by atoms with Crippen molar-refractivity contribution in [1.29, 1.82) is 0 Å². The highest BCUT2D eigenvalue weighted by molar-refractivity contribution is 6.36. The lowest BCUT2D eigenvalue weighted by atomic mass is 10.0. The summed E-state index contributed by atoms with van der Waals surface area (Å²) < 4.78 is 4.88. The Morgan fingerprint density at radius 2 is 1.64 bits per heavy atom. The number of benzene rings is 2. The maximum Gasteiger partial charge on any atom is 0.328 e. The van der Waals surface area contributed by atoms with Gasteiger partial charge in [0.15, 0.2) is 0 Å². The molecule has 0 radical (unpaired) electrons. The molecule has 1 unspecified atom stereocenters. The molecule has 8 heteroatoms. The summed E-state index contributed by atoms with van der Waals surface area (Å²) in [5, 5.41) is 6.76. The molecular weight excluding hydrogens is 463 g/mol. The van der Waals surface area contributed by atoms with Crippen molar-refractivity contribution in [3.63, 3.8) is 0 Å². The molecular formula is C25H22Cl2N2O4. The Labute approximate surface area is 201 Å². The number of esters is 1. The summed E-state index contributed by atoms with van der Waals surface area (Å²) in [6.07, 6.45) is 1.04. The molecule has 2 N–H and O–H groups in total. The average Bonchev–Trinajstić information content (AvgIpc) is 2.82. The molecule has 0 heterocycles. The molecule has 1 atom stereocenters. The van der Waals surface area contributed by atoms with Gasteiger partial charge < -0.3 is 15.4 Å². The molecule has 0 bridgehead atoms. The van der Waals surface area contributed by atoms with E-state index in [1.807, 2.05) is 31.2 Å². The van der Waals surface area contributed by atoms with Crippen LogP contribution >= 0.6 is 23.2 Å². The zero-order valence-electron chi connectivity index (χ0n) is 18.1. The second kappa shape index (κ2) is 11.0. The molecule has 0 saturated heterocycles. The molecule has 0 aliphatic heterocycles. The van der Waals surface area contributed by atoms with Gasteiger partial charge in [-0.3, -0.25) is 9.59 Å². The number of carbonyl (C=O) groups is 1. The first-order chi connectivity index (χ1) is 15.8. The Kier molecular flexibility index (Phi) is 8.16. The van der Waals surface area contributed by atoms with Crippen molar-refractivity contribution in [3.05, 3.63) is 89.6 Å². The Balaban J connectivity index is 1.76. The molecule has 3 rings (SSSR count). The van der Waals surface area contributed by atoms with Gasteiger partial charge in [0.2, 0.25) is 0 Å². The molecule has 0 amide bonds. The molecule has 3 aromatic rings. The predicted octanol–water partition coefficient (Wildman–Crippen LogP) is 4.01. The fraction of sp³-hybridized carbons (Fsp3) is 0.240. The van der Waals surface area contributed by atoms with Crippen LogP contribution in [0.5, 0.6) is 0 Å². The van der Waals surface area contributed by atoms with Crippen LogP contribution in [-0.2, 0) is 16.0 Å². The lowest BCUT2D eigenvalue weighted by Crippen LogP contribution is -2.42. The second-order valence-corrected chi connectivity index (χ2v) is 8.12. The van der Waals surface area contributed by atoms with E-state index in [-0.39, 0.29) is 17.8 Å². The zero-order valence-corrected chi connectivity index (χ0v) is 19.6. The highest BCUT2D eigenvalue weighted by Gasteiger charge is 2.27. The normalized spacial score (nSPS) is 11.4. The van der Waals surface area contributed by atoms with Crippen LogP contribution in [0.4, 0.5) is 11.4 Å². The number of ether oxygens (including phenoxy) is 1. The molecule has 0 fully saturated rings. The summed E-state index contributed by atoms with van der Waals surface area (Å²) in [7, 11) is 1.27. The highest BCUT2D eigenvalue weighted by atomic mass is 35.5. The van der Waals surface area contributed by atoms with E-state index in [1.165, 1.54) is 7.11 Å². The second-order valence-electron chi connectivity index (χ2n) is 7.30. The van der Waals surface area contributed by atoms with Crippen molar-refractivity contribution in [2.24, 2.45) is 0 Å². The number of anilines is 2. The minimum Gasteiger partial charge on any atom is -0.467 e. The van der Waals surface area contributed by atoms with Gasteiger partial charge in [-0.1, -0.05) is 60.2 Å². The first-order valence-electron chi connectivity index (χ1n) is 10.3. The number of carbonyl (C=O) groups excluding carboxylic acids is 1. The summed E-state index contributed by atoms with van der Waals surface area (Å²) in [6.45, 7) is 2.49. The van der Waals surface area contributed by atoms with Crippen molar-refractivity contribution in [1.82, 2.24) is 0 Å². The first kappa shape index (κ1) is 24.4. The molecule has 33 heavy (non-hydrogen) atoms. The van der Waals surface area contributed by atoms with E-state index >= 15 is 0 Å². The minimum absolute atomic E-state index is 0.114. The monoisotopic (exact) mass is 484 g/mol. The lowest BCUT2D eigenvalue weighted by Gasteiger charge is -2.21. The number of hydrogen-bond donors (Lipinski definition) is 2. The number of rotatable bonds is 8. The van der Waals surface area contributed by atoms with E-state index in [2.05, 4.69) is 22.5 Å². The van der Waals surface area contributed by atoms with Crippen LogP contribution in [0.15, 0.2) is 52.1 Å². The predicted molar refractivity (Wildman–Crippen MR) is 132 cm³/mol. The molecule has 0 saturated carbocycles.